The van der Waals surface area contributed by atoms with E-state index in [-0.39, 0.29) is 17.9 Å². The number of rotatable bonds is 2. The summed E-state index contributed by atoms with van der Waals surface area (Å²) in [4.78, 5) is 15.6. The van der Waals surface area contributed by atoms with Gasteiger partial charge in [0.15, 0.2) is 5.78 Å². The van der Waals surface area contributed by atoms with Crippen LogP contribution in [-0.4, -0.2) is 29.8 Å². The van der Waals surface area contributed by atoms with Gasteiger partial charge in [0, 0.05) is 33.3 Å². The van der Waals surface area contributed by atoms with E-state index in [1.165, 1.54) is 0 Å². The normalized spacial score (nSPS) is 26.0. The molecule has 2 heterocycles. The van der Waals surface area contributed by atoms with Gasteiger partial charge in [-0.3, -0.25) is 9.69 Å². The fourth-order valence-corrected chi connectivity index (χ4v) is 4.21. The fourth-order valence-electron chi connectivity index (χ4n) is 3.96. The van der Waals surface area contributed by atoms with Gasteiger partial charge < -0.3 is 0 Å². The average Bonchev–Trinajstić information content (AvgIpc) is 2.94. The number of carbonyl (C=O) groups is 1. The lowest BCUT2D eigenvalue weighted by Gasteiger charge is -2.34. The highest BCUT2D eigenvalue weighted by molar-refractivity contribution is 6.30. The summed E-state index contributed by atoms with van der Waals surface area (Å²) in [6, 6.07) is 15.6. The van der Waals surface area contributed by atoms with Crippen molar-refractivity contribution in [2.75, 3.05) is 7.05 Å². The van der Waals surface area contributed by atoms with E-state index in [2.05, 4.69) is 11.9 Å². The van der Waals surface area contributed by atoms with Gasteiger partial charge in [-0.05, 0) is 67.4 Å². The lowest BCUT2D eigenvalue weighted by Crippen LogP contribution is -2.43. The van der Waals surface area contributed by atoms with Gasteiger partial charge in [0.2, 0.25) is 0 Å². The maximum atomic E-state index is 13.3. The summed E-state index contributed by atoms with van der Waals surface area (Å²) in [5, 5.41) is 1.40. The molecule has 0 spiro atoms. The molecule has 0 aliphatic carbocycles. The van der Waals surface area contributed by atoms with Gasteiger partial charge in [-0.1, -0.05) is 47.5 Å². The third-order valence-corrected chi connectivity index (χ3v) is 5.83. The van der Waals surface area contributed by atoms with Gasteiger partial charge in [0.1, 0.15) is 0 Å². The van der Waals surface area contributed by atoms with Crippen LogP contribution in [0, 0.1) is 0 Å². The second-order valence-corrected chi connectivity index (χ2v) is 7.78. The lowest BCUT2D eigenvalue weighted by molar-refractivity contribution is -0.114. The van der Waals surface area contributed by atoms with Crippen LogP contribution in [0.25, 0.3) is 12.2 Å². The molecule has 2 unspecified atom stereocenters. The first-order valence-electron chi connectivity index (χ1n) is 8.74. The minimum absolute atomic E-state index is 0.153. The molecule has 2 atom stereocenters. The average molecular weight is 384 g/mol. The molecule has 0 aromatic heterocycles. The number of piperidine rings is 1. The van der Waals surface area contributed by atoms with Crippen molar-refractivity contribution in [1.82, 2.24) is 4.90 Å². The number of halogens is 2. The summed E-state index contributed by atoms with van der Waals surface area (Å²) in [5.74, 6) is 0.153. The molecule has 2 fully saturated rings. The van der Waals surface area contributed by atoms with E-state index in [1.807, 2.05) is 60.7 Å². The first kappa shape index (κ1) is 17.5. The van der Waals surface area contributed by atoms with Crippen molar-refractivity contribution in [2.45, 2.75) is 24.9 Å². The highest BCUT2D eigenvalue weighted by Crippen LogP contribution is 2.40. The Hall–Kier alpha value is -1.87. The number of ketones is 1. The van der Waals surface area contributed by atoms with Crippen molar-refractivity contribution < 1.29 is 4.79 Å². The Morgan fingerprint density at radius 2 is 1.19 bits per heavy atom. The molecule has 2 aliphatic heterocycles. The summed E-state index contributed by atoms with van der Waals surface area (Å²) in [6.45, 7) is 0. The van der Waals surface area contributed by atoms with Crippen molar-refractivity contribution in [3.05, 3.63) is 80.8 Å². The molecule has 4 heteroatoms. The zero-order valence-corrected chi connectivity index (χ0v) is 16.0. The van der Waals surface area contributed by atoms with E-state index in [1.54, 1.807) is 0 Å². The summed E-state index contributed by atoms with van der Waals surface area (Å²) in [7, 11) is 2.11. The second kappa shape index (κ2) is 7.03. The molecule has 2 aromatic rings. The quantitative estimate of drug-likeness (QED) is 0.637. The third-order valence-electron chi connectivity index (χ3n) is 5.32. The summed E-state index contributed by atoms with van der Waals surface area (Å²) in [6.07, 6.45) is 6.03. The first-order valence-corrected chi connectivity index (χ1v) is 9.49. The van der Waals surface area contributed by atoms with Crippen molar-refractivity contribution >= 4 is 41.1 Å². The van der Waals surface area contributed by atoms with Crippen molar-refractivity contribution in [3.8, 4) is 0 Å². The number of fused-ring (bicyclic) bond motifs is 2. The van der Waals surface area contributed by atoms with Crippen molar-refractivity contribution in [2.24, 2.45) is 0 Å². The Balaban J connectivity index is 1.75. The number of hydrogen-bond donors (Lipinski definition) is 0. The highest BCUT2D eigenvalue weighted by Gasteiger charge is 2.44. The molecule has 0 amide bonds. The predicted molar refractivity (Wildman–Crippen MR) is 108 cm³/mol. The first-order chi connectivity index (χ1) is 12.5. The largest absolute Gasteiger partial charge is 0.292 e. The molecule has 26 heavy (non-hydrogen) atoms. The van der Waals surface area contributed by atoms with Crippen LogP contribution in [-0.2, 0) is 4.79 Å². The summed E-state index contributed by atoms with van der Waals surface area (Å²) < 4.78 is 0. The molecule has 2 aromatic carbocycles. The number of Topliss-reactive ketones (excluding diaryl/α,β-unsaturated/α-hetero) is 1. The topological polar surface area (TPSA) is 20.3 Å². The van der Waals surface area contributed by atoms with E-state index in [0.29, 0.717) is 10.0 Å². The molecule has 0 N–H and O–H groups in total. The van der Waals surface area contributed by atoms with Gasteiger partial charge >= 0.3 is 0 Å². The number of benzene rings is 2. The summed E-state index contributed by atoms with van der Waals surface area (Å²) in [5.41, 5.74) is 3.73. The van der Waals surface area contributed by atoms with E-state index < -0.39 is 0 Å². The number of hydrogen-bond acceptors (Lipinski definition) is 2. The van der Waals surface area contributed by atoms with Crippen LogP contribution in [0.15, 0.2) is 59.7 Å². The van der Waals surface area contributed by atoms with E-state index in [0.717, 1.165) is 35.1 Å². The Labute approximate surface area is 163 Å². The Kier molecular flexibility index (Phi) is 4.74. The highest BCUT2D eigenvalue weighted by atomic mass is 35.5. The molecule has 2 nitrogen and oxygen atoms in total. The zero-order valence-electron chi connectivity index (χ0n) is 14.5. The van der Waals surface area contributed by atoms with Crippen LogP contribution in [0.1, 0.15) is 24.0 Å². The van der Waals surface area contributed by atoms with Crippen LogP contribution in [0.3, 0.4) is 0 Å². The minimum Gasteiger partial charge on any atom is -0.292 e. The van der Waals surface area contributed by atoms with Crippen LogP contribution >= 0.6 is 23.2 Å². The van der Waals surface area contributed by atoms with Crippen LogP contribution in [0.2, 0.25) is 10.0 Å². The second-order valence-electron chi connectivity index (χ2n) is 6.91. The zero-order chi connectivity index (χ0) is 18.3. The lowest BCUT2D eigenvalue weighted by atomic mass is 9.88. The summed E-state index contributed by atoms with van der Waals surface area (Å²) >= 11 is 12.0. The smallest absolute Gasteiger partial charge is 0.188 e. The standard InChI is InChI=1S/C22H19Cl2NO/c1-25-20-10-11-21(25)19(13-15-4-8-17(24)9-5-15)22(26)18(20)12-14-2-6-16(23)7-3-14/h2-9,12-13,20-21H,10-11H2,1H3/b18-12+,19-13+. The maximum absolute atomic E-state index is 13.3. The molecular weight excluding hydrogens is 365 g/mol. The number of carbonyl (C=O) groups excluding carboxylic acids is 1. The number of nitrogens with zero attached hydrogens (tertiary/aromatic N) is 1. The van der Waals surface area contributed by atoms with Gasteiger partial charge in [-0.2, -0.15) is 0 Å². The maximum Gasteiger partial charge on any atom is 0.188 e. The molecule has 2 saturated heterocycles. The van der Waals surface area contributed by atoms with Crippen molar-refractivity contribution in [3.63, 3.8) is 0 Å². The monoisotopic (exact) mass is 383 g/mol. The van der Waals surface area contributed by atoms with E-state index in [4.69, 9.17) is 23.2 Å². The molecule has 2 bridgehead atoms. The van der Waals surface area contributed by atoms with Gasteiger partial charge in [-0.15, -0.1) is 0 Å². The molecule has 0 saturated carbocycles. The minimum atomic E-state index is 0.153. The van der Waals surface area contributed by atoms with Gasteiger partial charge in [0.05, 0.1) is 0 Å². The molecule has 132 valence electrons. The van der Waals surface area contributed by atoms with Crippen LogP contribution < -0.4 is 0 Å². The Bertz CT molecular complexity index is 823. The number of likely N-dealkylation sites (N-methyl/N-ethyl adjacent to an activating group) is 1. The molecular formula is C22H19Cl2NO. The van der Waals surface area contributed by atoms with Crippen LogP contribution in [0.5, 0.6) is 0 Å². The van der Waals surface area contributed by atoms with Gasteiger partial charge in [0.25, 0.3) is 0 Å². The molecule has 2 aliphatic rings. The fraction of sp³-hybridized carbons (Fsp3) is 0.227. The Morgan fingerprint density at radius 1 is 0.808 bits per heavy atom. The van der Waals surface area contributed by atoms with Crippen molar-refractivity contribution in [1.29, 1.82) is 0 Å². The Morgan fingerprint density at radius 3 is 1.58 bits per heavy atom. The van der Waals surface area contributed by atoms with E-state index >= 15 is 0 Å². The molecule has 4 rings (SSSR count). The third kappa shape index (κ3) is 3.25. The van der Waals surface area contributed by atoms with E-state index in [9.17, 15) is 4.79 Å². The molecule has 0 radical (unpaired) electrons. The SMILES string of the molecule is CN1C2CCC1/C(=C\c1ccc(Cl)cc1)C(=O)/C2=C/c1ccc(Cl)cc1. The predicted octanol–water partition coefficient (Wildman–Crippen LogP) is 5.51. The van der Waals surface area contributed by atoms with Gasteiger partial charge in [-0.25, -0.2) is 0 Å². The van der Waals surface area contributed by atoms with Crippen LogP contribution in [0.4, 0.5) is 0 Å².